The minimum Gasteiger partial charge on any atom is -0.494 e. The molecule has 1 aromatic heterocycles. The van der Waals surface area contributed by atoms with Crippen molar-refractivity contribution in [2.24, 2.45) is 0 Å². The molecule has 120 valence electrons. The first-order valence-electron chi connectivity index (χ1n) is 8.17. The summed E-state index contributed by atoms with van der Waals surface area (Å²) in [6.07, 6.45) is 6.27. The van der Waals surface area contributed by atoms with Gasteiger partial charge in [0, 0.05) is 18.2 Å². The zero-order valence-electron chi connectivity index (χ0n) is 13.6. The van der Waals surface area contributed by atoms with Gasteiger partial charge in [-0.15, -0.1) is 0 Å². The number of ether oxygens (including phenoxy) is 1. The molecule has 2 aromatic rings. The molecule has 1 heterocycles. The molecule has 0 aliphatic carbocycles. The SMILES string of the molecule is CCCCCCCOc1ccc(-c2cc(CNC)no2)cc1. The van der Waals surface area contributed by atoms with Gasteiger partial charge in [0.2, 0.25) is 0 Å². The molecule has 1 aromatic carbocycles. The molecule has 1 N–H and O–H groups in total. The van der Waals surface area contributed by atoms with Gasteiger partial charge in [0.25, 0.3) is 0 Å². The maximum atomic E-state index is 5.76. The average Bonchev–Trinajstić information content (AvgIpc) is 3.00. The van der Waals surface area contributed by atoms with Crippen molar-refractivity contribution < 1.29 is 9.26 Å². The molecule has 0 aliphatic heterocycles. The van der Waals surface area contributed by atoms with Crippen molar-refractivity contribution in [2.45, 2.75) is 45.6 Å². The van der Waals surface area contributed by atoms with Gasteiger partial charge in [-0.05, 0) is 37.7 Å². The Hall–Kier alpha value is -1.81. The lowest BCUT2D eigenvalue weighted by Gasteiger charge is -2.06. The van der Waals surface area contributed by atoms with Crippen LogP contribution in [0.15, 0.2) is 34.9 Å². The van der Waals surface area contributed by atoms with Gasteiger partial charge in [0.1, 0.15) is 5.75 Å². The topological polar surface area (TPSA) is 47.3 Å². The molecule has 22 heavy (non-hydrogen) atoms. The number of rotatable bonds is 10. The molecular weight excluding hydrogens is 276 g/mol. The molecule has 0 atom stereocenters. The van der Waals surface area contributed by atoms with Crippen molar-refractivity contribution in [3.63, 3.8) is 0 Å². The fourth-order valence-corrected chi connectivity index (χ4v) is 2.32. The predicted molar refractivity (Wildman–Crippen MR) is 89.0 cm³/mol. The summed E-state index contributed by atoms with van der Waals surface area (Å²) in [6, 6.07) is 9.95. The van der Waals surface area contributed by atoms with Gasteiger partial charge in [0.15, 0.2) is 5.76 Å². The van der Waals surface area contributed by atoms with Crippen molar-refractivity contribution in [1.82, 2.24) is 10.5 Å². The van der Waals surface area contributed by atoms with E-state index in [4.69, 9.17) is 9.26 Å². The van der Waals surface area contributed by atoms with Gasteiger partial charge in [-0.25, -0.2) is 0 Å². The first kappa shape index (κ1) is 16.6. The molecular formula is C18H26N2O2. The van der Waals surface area contributed by atoms with Gasteiger partial charge in [-0.2, -0.15) is 0 Å². The van der Waals surface area contributed by atoms with Crippen molar-refractivity contribution in [3.05, 3.63) is 36.0 Å². The highest BCUT2D eigenvalue weighted by molar-refractivity contribution is 5.58. The van der Waals surface area contributed by atoms with Gasteiger partial charge in [0.05, 0.1) is 12.3 Å². The largest absolute Gasteiger partial charge is 0.494 e. The van der Waals surface area contributed by atoms with Gasteiger partial charge >= 0.3 is 0 Å². The van der Waals surface area contributed by atoms with E-state index >= 15 is 0 Å². The maximum Gasteiger partial charge on any atom is 0.167 e. The zero-order valence-corrected chi connectivity index (χ0v) is 13.6. The molecule has 0 amide bonds. The number of nitrogens with zero attached hydrogens (tertiary/aromatic N) is 1. The van der Waals surface area contributed by atoms with Crippen LogP contribution in [-0.4, -0.2) is 18.8 Å². The van der Waals surface area contributed by atoms with Gasteiger partial charge in [-0.1, -0.05) is 37.8 Å². The molecule has 0 spiro atoms. The van der Waals surface area contributed by atoms with E-state index in [-0.39, 0.29) is 0 Å². The number of aromatic nitrogens is 1. The summed E-state index contributed by atoms with van der Waals surface area (Å²) in [7, 11) is 1.89. The molecule has 0 saturated heterocycles. The van der Waals surface area contributed by atoms with E-state index in [1.54, 1.807) is 0 Å². The lowest BCUT2D eigenvalue weighted by atomic mass is 10.1. The second-order valence-corrected chi connectivity index (χ2v) is 5.50. The zero-order chi connectivity index (χ0) is 15.6. The monoisotopic (exact) mass is 302 g/mol. The molecule has 0 fully saturated rings. The molecule has 2 rings (SSSR count). The smallest absolute Gasteiger partial charge is 0.167 e. The Morgan fingerprint density at radius 3 is 2.59 bits per heavy atom. The van der Waals surface area contributed by atoms with Crippen LogP contribution in [0.4, 0.5) is 0 Å². The summed E-state index contributed by atoms with van der Waals surface area (Å²) in [6.45, 7) is 3.73. The van der Waals surface area contributed by atoms with Crippen LogP contribution in [0.5, 0.6) is 5.75 Å². The Morgan fingerprint density at radius 2 is 1.86 bits per heavy atom. The van der Waals surface area contributed by atoms with Crippen molar-refractivity contribution >= 4 is 0 Å². The molecule has 4 nitrogen and oxygen atoms in total. The molecule has 0 aliphatic rings. The predicted octanol–water partition coefficient (Wildman–Crippen LogP) is 4.41. The van der Waals surface area contributed by atoms with E-state index in [9.17, 15) is 0 Å². The van der Waals surface area contributed by atoms with Crippen LogP contribution in [0, 0.1) is 0 Å². The third-order valence-electron chi connectivity index (χ3n) is 3.57. The second kappa shape index (κ2) is 9.26. The van der Waals surface area contributed by atoms with E-state index < -0.39 is 0 Å². The second-order valence-electron chi connectivity index (χ2n) is 5.50. The average molecular weight is 302 g/mol. The Labute approximate surface area is 132 Å². The lowest BCUT2D eigenvalue weighted by Crippen LogP contribution is -2.04. The molecule has 0 unspecified atom stereocenters. The van der Waals surface area contributed by atoms with E-state index in [1.807, 2.05) is 37.4 Å². The van der Waals surface area contributed by atoms with E-state index in [1.165, 1.54) is 25.7 Å². The van der Waals surface area contributed by atoms with E-state index in [2.05, 4.69) is 17.4 Å². The van der Waals surface area contributed by atoms with Gasteiger partial charge < -0.3 is 14.6 Å². The number of nitrogens with one attached hydrogen (secondary N) is 1. The van der Waals surface area contributed by atoms with Crippen LogP contribution in [0.2, 0.25) is 0 Å². The summed E-state index contributed by atoms with van der Waals surface area (Å²) >= 11 is 0. The summed E-state index contributed by atoms with van der Waals surface area (Å²) in [5.74, 6) is 1.70. The Kier molecular flexibility index (Phi) is 6.97. The van der Waals surface area contributed by atoms with Crippen molar-refractivity contribution in [3.8, 4) is 17.1 Å². The minimum absolute atomic E-state index is 0.711. The summed E-state index contributed by atoms with van der Waals surface area (Å²) < 4.78 is 11.1. The van der Waals surface area contributed by atoms with Crippen molar-refractivity contribution in [2.75, 3.05) is 13.7 Å². The van der Waals surface area contributed by atoms with Crippen LogP contribution < -0.4 is 10.1 Å². The van der Waals surface area contributed by atoms with Crippen LogP contribution in [0.1, 0.15) is 44.7 Å². The normalized spacial score (nSPS) is 10.8. The third-order valence-corrected chi connectivity index (χ3v) is 3.57. The van der Waals surface area contributed by atoms with E-state index in [0.717, 1.165) is 35.8 Å². The molecule has 0 saturated carbocycles. The Morgan fingerprint density at radius 1 is 1.09 bits per heavy atom. The quantitative estimate of drug-likeness (QED) is 0.660. The number of hydrogen-bond donors (Lipinski definition) is 1. The fraction of sp³-hybridized carbons (Fsp3) is 0.500. The van der Waals surface area contributed by atoms with E-state index in [0.29, 0.717) is 6.54 Å². The molecule has 0 bridgehead atoms. The highest BCUT2D eigenvalue weighted by Gasteiger charge is 2.06. The standard InChI is InChI=1S/C18H26N2O2/c1-3-4-5-6-7-12-21-17-10-8-15(9-11-17)18-13-16(14-19-2)20-22-18/h8-11,13,19H,3-7,12,14H2,1-2H3. The van der Waals surface area contributed by atoms with Crippen LogP contribution in [-0.2, 0) is 6.54 Å². The number of hydrogen-bond acceptors (Lipinski definition) is 4. The fourth-order valence-electron chi connectivity index (χ4n) is 2.32. The molecule has 0 radical (unpaired) electrons. The lowest BCUT2D eigenvalue weighted by molar-refractivity contribution is 0.304. The highest BCUT2D eigenvalue weighted by Crippen LogP contribution is 2.23. The first-order chi connectivity index (χ1) is 10.8. The summed E-state index contributed by atoms with van der Waals surface area (Å²) in [4.78, 5) is 0. The van der Waals surface area contributed by atoms with Gasteiger partial charge in [-0.3, -0.25) is 0 Å². The Bertz CT molecular complexity index is 534. The summed E-state index contributed by atoms with van der Waals surface area (Å²) in [5, 5.41) is 7.08. The van der Waals surface area contributed by atoms with Crippen molar-refractivity contribution in [1.29, 1.82) is 0 Å². The Balaban J connectivity index is 1.79. The maximum absolute atomic E-state index is 5.76. The minimum atomic E-state index is 0.711. The number of benzene rings is 1. The highest BCUT2D eigenvalue weighted by atomic mass is 16.5. The summed E-state index contributed by atoms with van der Waals surface area (Å²) in [5.41, 5.74) is 1.93. The van der Waals surface area contributed by atoms with Crippen LogP contribution in [0.25, 0.3) is 11.3 Å². The first-order valence-corrected chi connectivity index (χ1v) is 8.17. The third kappa shape index (κ3) is 5.19. The molecule has 4 heteroatoms. The number of unbranched alkanes of at least 4 members (excludes halogenated alkanes) is 4. The van der Waals surface area contributed by atoms with Crippen LogP contribution >= 0.6 is 0 Å². The van der Waals surface area contributed by atoms with Crippen LogP contribution in [0.3, 0.4) is 0 Å².